The summed E-state index contributed by atoms with van der Waals surface area (Å²) in [7, 11) is 3.31. The van der Waals surface area contributed by atoms with Crippen LogP contribution in [0, 0.1) is 5.92 Å². The van der Waals surface area contributed by atoms with Crippen molar-refractivity contribution in [3.05, 3.63) is 0 Å². The fourth-order valence-corrected chi connectivity index (χ4v) is 2.56. The third kappa shape index (κ3) is 4.16. The molecule has 0 aliphatic carbocycles. The SMILES string of the molecule is CCCC1NC(C(C)C)N(CC(COC)OC)C1=O. The number of methoxy groups -OCH3 is 2. The Kier molecular flexibility index (Phi) is 6.75. The van der Waals surface area contributed by atoms with Crippen molar-refractivity contribution in [2.24, 2.45) is 5.92 Å². The molecule has 1 N–H and O–H groups in total. The van der Waals surface area contributed by atoms with E-state index in [1.807, 2.05) is 4.90 Å². The molecule has 0 radical (unpaired) electrons. The van der Waals surface area contributed by atoms with Gasteiger partial charge in [-0.3, -0.25) is 10.1 Å². The normalized spacial score (nSPS) is 25.4. The van der Waals surface area contributed by atoms with Crippen molar-refractivity contribution in [2.45, 2.75) is 51.9 Å². The lowest BCUT2D eigenvalue weighted by Gasteiger charge is -2.30. The first-order valence-corrected chi connectivity index (χ1v) is 7.13. The van der Waals surface area contributed by atoms with E-state index in [2.05, 4.69) is 26.1 Å². The number of hydrogen-bond acceptors (Lipinski definition) is 4. The van der Waals surface area contributed by atoms with Crippen molar-refractivity contribution in [1.29, 1.82) is 0 Å². The number of nitrogens with one attached hydrogen (secondary N) is 1. The third-order valence-corrected chi connectivity index (χ3v) is 3.58. The molecule has 0 aromatic heterocycles. The van der Waals surface area contributed by atoms with Crippen LogP contribution in [0.25, 0.3) is 0 Å². The first-order chi connectivity index (χ1) is 9.04. The second-order valence-electron chi connectivity index (χ2n) is 5.50. The maximum absolute atomic E-state index is 12.4. The Morgan fingerprint density at radius 2 is 2.05 bits per heavy atom. The van der Waals surface area contributed by atoms with Gasteiger partial charge in [0.15, 0.2) is 0 Å². The summed E-state index contributed by atoms with van der Waals surface area (Å²) < 4.78 is 10.5. The van der Waals surface area contributed by atoms with Crippen LogP contribution in [0.3, 0.4) is 0 Å². The highest BCUT2D eigenvalue weighted by molar-refractivity contribution is 5.84. The molecule has 1 aliphatic rings. The van der Waals surface area contributed by atoms with Crippen molar-refractivity contribution >= 4 is 5.91 Å². The third-order valence-electron chi connectivity index (χ3n) is 3.58. The van der Waals surface area contributed by atoms with E-state index in [0.29, 0.717) is 19.1 Å². The Balaban J connectivity index is 2.73. The molecule has 1 heterocycles. The van der Waals surface area contributed by atoms with Gasteiger partial charge in [0.05, 0.1) is 31.5 Å². The lowest BCUT2D eigenvalue weighted by atomic mass is 10.1. The van der Waals surface area contributed by atoms with Gasteiger partial charge >= 0.3 is 0 Å². The number of amides is 1. The molecule has 112 valence electrons. The second kappa shape index (κ2) is 7.82. The lowest BCUT2D eigenvalue weighted by Crippen LogP contribution is -2.46. The van der Waals surface area contributed by atoms with E-state index < -0.39 is 0 Å². The van der Waals surface area contributed by atoms with E-state index in [0.717, 1.165) is 12.8 Å². The molecule has 19 heavy (non-hydrogen) atoms. The van der Waals surface area contributed by atoms with E-state index in [1.165, 1.54) is 0 Å². The molecule has 1 rings (SSSR count). The van der Waals surface area contributed by atoms with Gasteiger partial charge in [-0.1, -0.05) is 27.2 Å². The van der Waals surface area contributed by atoms with Crippen LogP contribution in [0.2, 0.25) is 0 Å². The second-order valence-corrected chi connectivity index (χ2v) is 5.50. The van der Waals surface area contributed by atoms with Crippen molar-refractivity contribution in [3.8, 4) is 0 Å². The van der Waals surface area contributed by atoms with Crippen molar-refractivity contribution in [2.75, 3.05) is 27.4 Å². The van der Waals surface area contributed by atoms with Gasteiger partial charge in [0.1, 0.15) is 0 Å². The summed E-state index contributed by atoms with van der Waals surface area (Å²) in [5, 5.41) is 3.44. The fourth-order valence-electron chi connectivity index (χ4n) is 2.56. The maximum atomic E-state index is 12.4. The van der Waals surface area contributed by atoms with E-state index in [9.17, 15) is 4.79 Å². The van der Waals surface area contributed by atoms with Gasteiger partial charge in [-0.05, 0) is 12.3 Å². The van der Waals surface area contributed by atoms with Crippen LogP contribution in [0.15, 0.2) is 0 Å². The molecular weight excluding hydrogens is 244 g/mol. The highest BCUT2D eigenvalue weighted by atomic mass is 16.5. The molecule has 5 nitrogen and oxygen atoms in total. The summed E-state index contributed by atoms with van der Waals surface area (Å²) in [6.07, 6.45) is 1.92. The molecule has 1 saturated heterocycles. The Hall–Kier alpha value is -0.650. The predicted octanol–water partition coefficient (Wildman–Crippen LogP) is 1.23. The van der Waals surface area contributed by atoms with Crippen LogP contribution in [0.4, 0.5) is 0 Å². The standard InChI is InChI=1S/C14H28N2O3/c1-6-7-12-14(17)16(13(15-12)10(2)3)8-11(19-5)9-18-4/h10-13,15H,6-9H2,1-5H3. The minimum Gasteiger partial charge on any atom is -0.382 e. The topological polar surface area (TPSA) is 50.8 Å². The average Bonchev–Trinajstić information content (AvgIpc) is 2.67. The maximum Gasteiger partial charge on any atom is 0.241 e. The van der Waals surface area contributed by atoms with Crippen molar-refractivity contribution in [1.82, 2.24) is 10.2 Å². The minimum absolute atomic E-state index is 0.0440. The van der Waals surface area contributed by atoms with Crippen LogP contribution in [0.5, 0.6) is 0 Å². The first-order valence-electron chi connectivity index (χ1n) is 7.13. The predicted molar refractivity (Wildman–Crippen MR) is 74.8 cm³/mol. The monoisotopic (exact) mass is 272 g/mol. The smallest absolute Gasteiger partial charge is 0.241 e. The summed E-state index contributed by atoms with van der Waals surface area (Å²) in [6.45, 7) is 7.45. The van der Waals surface area contributed by atoms with Gasteiger partial charge in [0.2, 0.25) is 5.91 Å². The zero-order valence-electron chi connectivity index (χ0n) is 12.8. The van der Waals surface area contributed by atoms with Crippen LogP contribution in [-0.4, -0.2) is 56.5 Å². The molecule has 5 heteroatoms. The molecule has 3 unspecified atom stereocenters. The Labute approximate surface area is 116 Å². The van der Waals surface area contributed by atoms with E-state index >= 15 is 0 Å². The number of rotatable bonds is 8. The Morgan fingerprint density at radius 1 is 1.37 bits per heavy atom. The summed E-state index contributed by atoms with van der Waals surface area (Å²) in [5.74, 6) is 0.574. The van der Waals surface area contributed by atoms with Gasteiger partial charge < -0.3 is 14.4 Å². The highest BCUT2D eigenvalue weighted by Crippen LogP contribution is 2.20. The molecule has 1 fully saturated rings. The van der Waals surface area contributed by atoms with Gasteiger partial charge in [0, 0.05) is 14.2 Å². The summed E-state index contributed by atoms with van der Waals surface area (Å²) in [5.41, 5.74) is 0. The summed E-state index contributed by atoms with van der Waals surface area (Å²) in [6, 6.07) is -0.0440. The Morgan fingerprint density at radius 3 is 2.53 bits per heavy atom. The quantitative estimate of drug-likeness (QED) is 0.722. The molecule has 1 amide bonds. The van der Waals surface area contributed by atoms with Crippen molar-refractivity contribution in [3.63, 3.8) is 0 Å². The van der Waals surface area contributed by atoms with Crippen LogP contribution in [0.1, 0.15) is 33.6 Å². The molecule has 0 aromatic rings. The molecule has 0 spiro atoms. The van der Waals surface area contributed by atoms with E-state index in [4.69, 9.17) is 9.47 Å². The number of ether oxygens (including phenoxy) is 2. The fraction of sp³-hybridized carbons (Fsp3) is 0.929. The molecule has 0 bridgehead atoms. The number of nitrogens with zero attached hydrogens (tertiary/aromatic N) is 1. The van der Waals surface area contributed by atoms with Gasteiger partial charge in [-0.2, -0.15) is 0 Å². The highest BCUT2D eigenvalue weighted by Gasteiger charge is 2.40. The van der Waals surface area contributed by atoms with Crippen molar-refractivity contribution < 1.29 is 14.3 Å². The van der Waals surface area contributed by atoms with Crippen LogP contribution < -0.4 is 5.32 Å². The van der Waals surface area contributed by atoms with E-state index in [-0.39, 0.29) is 24.2 Å². The minimum atomic E-state index is -0.0719. The average molecular weight is 272 g/mol. The molecule has 1 aliphatic heterocycles. The van der Waals surface area contributed by atoms with Crippen LogP contribution in [-0.2, 0) is 14.3 Å². The van der Waals surface area contributed by atoms with E-state index in [1.54, 1.807) is 14.2 Å². The lowest BCUT2D eigenvalue weighted by molar-refractivity contribution is -0.133. The zero-order valence-corrected chi connectivity index (χ0v) is 12.8. The molecule has 0 aromatic carbocycles. The first kappa shape index (κ1) is 16.4. The molecular formula is C14H28N2O3. The summed E-state index contributed by atoms with van der Waals surface area (Å²) >= 11 is 0. The number of carbonyl (C=O) groups is 1. The van der Waals surface area contributed by atoms with Gasteiger partial charge in [0.25, 0.3) is 0 Å². The number of carbonyl (C=O) groups excluding carboxylic acids is 1. The largest absolute Gasteiger partial charge is 0.382 e. The molecule has 0 saturated carbocycles. The van der Waals surface area contributed by atoms with Gasteiger partial charge in [-0.15, -0.1) is 0 Å². The van der Waals surface area contributed by atoms with Gasteiger partial charge in [-0.25, -0.2) is 0 Å². The number of hydrogen-bond donors (Lipinski definition) is 1. The zero-order chi connectivity index (χ0) is 14.4. The van der Waals surface area contributed by atoms with Crippen LogP contribution >= 0.6 is 0 Å². The Bertz CT molecular complexity index is 284. The molecule has 3 atom stereocenters. The summed E-state index contributed by atoms with van der Waals surface area (Å²) in [4.78, 5) is 14.3.